The van der Waals surface area contributed by atoms with Crippen LogP contribution in [-0.4, -0.2) is 14.5 Å². The van der Waals surface area contributed by atoms with Crippen molar-refractivity contribution in [2.75, 3.05) is 0 Å². The Morgan fingerprint density at radius 2 is 2.08 bits per heavy atom. The Morgan fingerprint density at radius 3 is 2.79 bits per heavy atom. The Kier molecular flexibility index (Phi) is 4.01. The van der Waals surface area contributed by atoms with Crippen molar-refractivity contribution in [3.63, 3.8) is 0 Å². The number of hydrogen-bond donors (Lipinski definition) is 0. The van der Waals surface area contributed by atoms with E-state index in [0.29, 0.717) is 24.3 Å². The van der Waals surface area contributed by atoms with Crippen LogP contribution in [0.25, 0.3) is 21.3 Å². The summed E-state index contributed by atoms with van der Waals surface area (Å²) >= 11 is 1.76. The van der Waals surface area contributed by atoms with Crippen molar-refractivity contribution in [1.29, 1.82) is 5.26 Å². The van der Waals surface area contributed by atoms with Gasteiger partial charge in [0.25, 0.3) is 0 Å². The summed E-state index contributed by atoms with van der Waals surface area (Å²) in [5.41, 5.74) is 3.36. The predicted octanol–water partition coefficient (Wildman–Crippen LogP) is 5.41. The van der Waals surface area contributed by atoms with E-state index in [1.807, 2.05) is 6.20 Å². The second-order valence-corrected chi connectivity index (χ2v) is 8.07. The van der Waals surface area contributed by atoms with Crippen molar-refractivity contribution in [2.24, 2.45) is 5.92 Å². The summed E-state index contributed by atoms with van der Waals surface area (Å²) in [4.78, 5) is 9.49. The third-order valence-corrected chi connectivity index (χ3v) is 6.14. The highest BCUT2D eigenvalue weighted by Gasteiger charge is 2.27. The topological polar surface area (TPSA) is 54.5 Å². The van der Waals surface area contributed by atoms with Crippen molar-refractivity contribution in [1.82, 2.24) is 14.5 Å². The molecule has 3 heterocycles. The van der Waals surface area contributed by atoms with Crippen molar-refractivity contribution in [3.8, 4) is 6.07 Å². The average Bonchev–Trinajstić information content (AvgIpc) is 3.19. The molecule has 124 valence electrons. The Labute approximate surface area is 146 Å². The minimum Gasteiger partial charge on any atom is -0.323 e. The Hall–Kier alpha value is -1.93. The maximum absolute atomic E-state index is 8.95. The number of thiophene rings is 1. The summed E-state index contributed by atoms with van der Waals surface area (Å²) in [6.45, 7) is 4.44. The zero-order valence-corrected chi connectivity index (χ0v) is 15.0. The molecule has 1 fully saturated rings. The van der Waals surface area contributed by atoms with E-state index in [4.69, 9.17) is 10.2 Å². The van der Waals surface area contributed by atoms with Crippen LogP contribution >= 0.6 is 11.3 Å². The van der Waals surface area contributed by atoms with E-state index in [2.05, 4.69) is 40.9 Å². The molecule has 4 nitrogen and oxygen atoms in total. The monoisotopic (exact) mass is 338 g/mol. The summed E-state index contributed by atoms with van der Waals surface area (Å²) < 4.78 is 3.76. The van der Waals surface area contributed by atoms with Crippen molar-refractivity contribution in [2.45, 2.75) is 57.9 Å². The van der Waals surface area contributed by atoms with Crippen LogP contribution in [0.2, 0.25) is 0 Å². The molecule has 0 radical (unpaired) electrons. The quantitative estimate of drug-likeness (QED) is 0.641. The zero-order valence-electron chi connectivity index (χ0n) is 14.2. The van der Waals surface area contributed by atoms with E-state index in [9.17, 15) is 0 Å². The second kappa shape index (κ2) is 6.18. The zero-order chi connectivity index (χ0) is 16.7. The van der Waals surface area contributed by atoms with E-state index in [1.54, 1.807) is 11.3 Å². The fourth-order valence-corrected chi connectivity index (χ4v) is 4.90. The minimum atomic E-state index is 0.393. The van der Waals surface area contributed by atoms with Gasteiger partial charge in [-0.25, -0.2) is 4.98 Å². The Balaban J connectivity index is 1.82. The van der Waals surface area contributed by atoms with E-state index in [1.165, 1.54) is 16.0 Å². The second-order valence-electron chi connectivity index (χ2n) is 7.16. The van der Waals surface area contributed by atoms with Crippen LogP contribution in [0.15, 0.2) is 17.6 Å². The Bertz CT molecular complexity index is 907. The first-order chi connectivity index (χ1) is 11.7. The highest BCUT2D eigenvalue weighted by atomic mass is 32.1. The van der Waals surface area contributed by atoms with Gasteiger partial charge < -0.3 is 4.57 Å². The predicted molar refractivity (Wildman–Crippen MR) is 98.2 cm³/mol. The number of nitrogens with zero attached hydrogens (tertiary/aromatic N) is 4. The van der Waals surface area contributed by atoms with Crippen LogP contribution in [0.4, 0.5) is 0 Å². The summed E-state index contributed by atoms with van der Waals surface area (Å²) in [7, 11) is 0. The number of imidazole rings is 1. The lowest BCUT2D eigenvalue weighted by atomic mass is 9.84. The van der Waals surface area contributed by atoms with Gasteiger partial charge >= 0.3 is 0 Å². The number of fused-ring (bicyclic) bond motifs is 3. The molecule has 0 N–H and O–H groups in total. The molecule has 24 heavy (non-hydrogen) atoms. The van der Waals surface area contributed by atoms with E-state index in [-0.39, 0.29) is 0 Å². The van der Waals surface area contributed by atoms with Gasteiger partial charge in [0.15, 0.2) is 0 Å². The van der Waals surface area contributed by atoms with Crippen molar-refractivity contribution >= 4 is 32.6 Å². The maximum Gasteiger partial charge on any atom is 0.112 e. The van der Waals surface area contributed by atoms with Crippen molar-refractivity contribution in [3.05, 3.63) is 23.5 Å². The van der Waals surface area contributed by atoms with Gasteiger partial charge in [-0.2, -0.15) is 5.26 Å². The molecule has 4 rings (SSSR count). The van der Waals surface area contributed by atoms with E-state index in [0.717, 1.165) is 36.7 Å². The molecule has 0 saturated heterocycles. The van der Waals surface area contributed by atoms with Gasteiger partial charge in [0.1, 0.15) is 11.3 Å². The molecular formula is C19H22N4S. The lowest BCUT2D eigenvalue weighted by Crippen LogP contribution is -2.20. The highest BCUT2D eigenvalue weighted by molar-refractivity contribution is 7.18. The molecule has 1 aliphatic carbocycles. The van der Waals surface area contributed by atoms with Crippen LogP contribution in [0, 0.1) is 17.2 Å². The van der Waals surface area contributed by atoms with Crippen molar-refractivity contribution < 1.29 is 0 Å². The highest BCUT2D eigenvalue weighted by Crippen LogP contribution is 2.40. The molecule has 0 bridgehead atoms. The summed E-state index contributed by atoms with van der Waals surface area (Å²) in [6.07, 6.45) is 7.21. The third-order valence-electron chi connectivity index (χ3n) is 5.23. The molecule has 0 aliphatic heterocycles. The summed E-state index contributed by atoms with van der Waals surface area (Å²) in [5.74, 6) is 2.15. The van der Waals surface area contributed by atoms with Crippen LogP contribution in [0.1, 0.15) is 63.7 Å². The van der Waals surface area contributed by atoms with Crippen LogP contribution in [0.3, 0.4) is 0 Å². The Morgan fingerprint density at radius 1 is 1.29 bits per heavy atom. The van der Waals surface area contributed by atoms with Gasteiger partial charge in [0.05, 0.1) is 28.0 Å². The largest absolute Gasteiger partial charge is 0.323 e. The minimum absolute atomic E-state index is 0.393. The molecule has 0 aromatic carbocycles. The first-order valence-corrected chi connectivity index (χ1v) is 9.68. The molecule has 0 atom stereocenters. The van der Waals surface area contributed by atoms with Gasteiger partial charge in [-0.05, 0) is 43.0 Å². The molecule has 0 unspecified atom stereocenters. The maximum atomic E-state index is 8.95. The first kappa shape index (κ1) is 15.6. The molecule has 1 aliphatic rings. The number of rotatable bonds is 3. The van der Waals surface area contributed by atoms with Gasteiger partial charge in [-0.1, -0.05) is 13.8 Å². The third kappa shape index (κ3) is 2.50. The van der Waals surface area contributed by atoms with Crippen LogP contribution in [0.5, 0.6) is 0 Å². The number of pyridine rings is 1. The number of aromatic nitrogens is 3. The van der Waals surface area contributed by atoms with Gasteiger partial charge in [-0.3, -0.25) is 4.98 Å². The molecular weight excluding hydrogens is 316 g/mol. The van der Waals surface area contributed by atoms with Gasteiger partial charge in [-0.15, -0.1) is 11.3 Å². The van der Waals surface area contributed by atoms with Gasteiger partial charge in [0.2, 0.25) is 0 Å². The molecule has 5 heteroatoms. The molecule has 1 saturated carbocycles. The summed E-state index contributed by atoms with van der Waals surface area (Å²) in [5, 5.41) is 11.1. The molecule has 3 aromatic heterocycles. The number of hydrogen-bond acceptors (Lipinski definition) is 4. The lowest BCUT2D eigenvalue weighted by molar-refractivity contribution is 0.276. The fourth-order valence-electron chi connectivity index (χ4n) is 4.01. The standard InChI is InChI=1S/C19H22N4S/c1-12(2)19-22-16-11-21-15-8-10-24-18(15)17(16)23(19)14-5-3-13(4-6-14)7-9-20/h8,10-14H,3-7H2,1-2H3. The normalized spacial score (nSPS) is 21.6. The van der Waals surface area contributed by atoms with Crippen LogP contribution in [-0.2, 0) is 0 Å². The lowest BCUT2D eigenvalue weighted by Gasteiger charge is -2.30. The smallest absolute Gasteiger partial charge is 0.112 e. The summed E-state index contributed by atoms with van der Waals surface area (Å²) in [6, 6.07) is 4.93. The first-order valence-electron chi connectivity index (χ1n) is 8.80. The SMILES string of the molecule is CC(C)c1nc2cnc3ccsc3c2n1C1CCC(CC#N)CC1. The molecule has 3 aromatic rings. The molecule has 0 amide bonds. The van der Waals surface area contributed by atoms with E-state index < -0.39 is 0 Å². The van der Waals surface area contributed by atoms with Crippen LogP contribution < -0.4 is 0 Å². The average molecular weight is 338 g/mol. The number of nitriles is 1. The van der Waals surface area contributed by atoms with E-state index >= 15 is 0 Å². The molecule has 0 spiro atoms. The van der Waals surface area contributed by atoms with Gasteiger partial charge in [0, 0.05) is 18.4 Å². The fraction of sp³-hybridized carbons (Fsp3) is 0.526.